The van der Waals surface area contributed by atoms with Gasteiger partial charge in [0.1, 0.15) is 30.5 Å². The van der Waals surface area contributed by atoms with Gasteiger partial charge >= 0.3 is 0 Å². The fraction of sp³-hybridized carbons (Fsp3) is 0.884. The van der Waals surface area contributed by atoms with Crippen LogP contribution in [0.4, 0.5) is 0 Å². The number of aliphatic hydroxyl groups is 7. The molecule has 0 bridgehead atoms. The molecule has 1 heterocycles. The van der Waals surface area contributed by atoms with E-state index in [0.717, 1.165) is 32.1 Å². The summed E-state index contributed by atoms with van der Waals surface area (Å²) in [6.07, 6.45) is 23.2. The summed E-state index contributed by atoms with van der Waals surface area (Å²) in [6.45, 7) is 5.24. The number of hydrogen-bond donors (Lipinski definition) is 8. The highest BCUT2D eigenvalue weighted by Crippen LogP contribution is 2.23. The predicted octanol–water partition coefficient (Wildman–Crippen LogP) is 6.28. The van der Waals surface area contributed by atoms with Gasteiger partial charge in [-0.1, -0.05) is 173 Å². The standard InChI is InChI=1S/C43H81NO10/c1-4-6-8-10-12-13-14-15-16-17-18-19-21-24-29-36(47)41(51)44-34(33-53-42-40(50)39(49)38(48)37(32-45)54-42)35(46)28-25-23-27-31-43(3,52)30-26-22-20-11-9-7-5-2/h25,27-28,31,34-40,42,45-50,52H,4-24,26,29-30,32-33H2,1-3H3,(H,44,51)/b28-25+,31-27+/t34-,35+,36+,37+,38+,39-,40+,42+,43?/m0/s1. The Morgan fingerprint density at radius 1 is 0.741 bits per heavy atom. The molecule has 1 rings (SSSR count). The third-order valence-corrected chi connectivity index (χ3v) is 10.5. The zero-order chi connectivity index (χ0) is 40.0. The van der Waals surface area contributed by atoms with Crippen LogP contribution >= 0.6 is 0 Å². The Kier molecular flexibility index (Phi) is 29.7. The van der Waals surface area contributed by atoms with Crippen molar-refractivity contribution in [3.63, 3.8) is 0 Å². The Bertz CT molecular complexity index is 961. The number of amides is 1. The average molecular weight is 772 g/mol. The van der Waals surface area contributed by atoms with Crippen molar-refractivity contribution in [1.29, 1.82) is 0 Å². The molecular formula is C43H81NO10. The second kappa shape index (κ2) is 31.6. The number of carbonyl (C=O) groups is 1. The number of ether oxygens (including phenoxy) is 2. The largest absolute Gasteiger partial charge is 0.394 e. The van der Waals surface area contributed by atoms with Crippen molar-refractivity contribution in [2.75, 3.05) is 13.2 Å². The Labute approximate surface area is 327 Å². The maximum absolute atomic E-state index is 13.0. The molecule has 9 atom stereocenters. The van der Waals surface area contributed by atoms with E-state index in [9.17, 15) is 40.5 Å². The van der Waals surface area contributed by atoms with Crippen LogP contribution in [0.5, 0.6) is 0 Å². The van der Waals surface area contributed by atoms with Crippen molar-refractivity contribution in [3.8, 4) is 0 Å². The van der Waals surface area contributed by atoms with E-state index in [0.29, 0.717) is 19.3 Å². The molecule has 54 heavy (non-hydrogen) atoms. The van der Waals surface area contributed by atoms with Crippen LogP contribution in [0.3, 0.4) is 0 Å². The van der Waals surface area contributed by atoms with Gasteiger partial charge in [-0.2, -0.15) is 0 Å². The van der Waals surface area contributed by atoms with Crippen LogP contribution < -0.4 is 5.32 Å². The number of nitrogens with one attached hydrogen (secondary N) is 1. The number of aliphatic hydroxyl groups excluding tert-OH is 6. The lowest BCUT2D eigenvalue weighted by molar-refractivity contribution is -0.302. The Hall–Kier alpha value is -1.41. The van der Waals surface area contributed by atoms with Crippen molar-refractivity contribution >= 4 is 5.91 Å². The lowest BCUT2D eigenvalue weighted by atomic mass is 9.96. The quantitative estimate of drug-likeness (QED) is 0.0273. The Morgan fingerprint density at radius 2 is 1.24 bits per heavy atom. The monoisotopic (exact) mass is 772 g/mol. The van der Waals surface area contributed by atoms with E-state index in [-0.39, 0.29) is 13.0 Å². The minimum atomic E-state index is -1.64. The molecule has 8 N–H and O–H groups in total. The molecule has 1 unspecified atom stereocenters. The summed E-state index contributed by atoms with van der Waals surface area (Å²) in [5.74, 6) is -0.666. The van der Waals surface area contributed by atoms with E-state index in [1.807, 2.05) is 6.08 Å². The van der Waals surface area contributed by atoms with Crippen LogP contribution in [-0.4, -0.2) is 109 Å². The number of hydrogen-bond acceptors (Lipinski definition) is 10. The molecule has 1 aliphatic heterocycles. The van der Waals surface area contributed by atoms with Crippen LogP contribution in [0.15, 0.2) is 24.3 Å². The normalized spacial score (nSPS) is 23.5. The van der Waals surface area contributed by atoms with E-state index < -0.39 is 67.1 Å². The first-order valence-corrected chi connectivity index (χ1v) is 21.6. The van der Waals surface area contributed by atoms with Gasteiger partial charge in [-0.3, -0.25) is 4.79 Å². The average Bonchev–Trinajstić information content (AvgIpc) is 3.15. The van der Waals surface area contributed by atoms with Crippen molar-refractivity contribution in [3.05, 3.63) is 24.3 Å². The summed E-state index contributed by atoms with van der Waals surface area (Å²) in [7, 11) is 0. The van der Waals surface area contributed by atoms with Gasteiger partial charge in [0, 0.05) is 0 Å². The molecule has 318 valence electrons. The highest BCUT2D eigenvalue weighted by Gasteiger charge is 2.44. The number of allylic oxidation sites excluding steroid dienone is 2. The summed E-state index contributed by atoms with van der Waals surface area (Å²) in [6, 6.07) is -1.06. The minimum Gasteiger partial charge on any atom is -0.394 e. The second-order valence-electron chi connectivity index (χ2n) is 15.8. The highest BCUT2D eigenvalue weighted by molar-refractivity contribution is 5.80. The first-order valence-electron chi connectivity index (χ1n) is 21.6. The van der Waals surface area contributed by atoms with Crippen LogP contribution in [0.25, 0.3) is 0 Å². The smallest absolute Gasteiger partial charge is 0.249 e. The van der Waals surface area contributed by atoms with Crippen LogP contribution in [-0.2, 0) is 14.3 Å². The molecule has 0 radical (unpaired) electrons. The molecule has 1 aliphatic rings. The summed E-state index contributed by atoms with van der Waals surface area (Å²) in [4.78, 5) is 13.0. The van der Waals surface area contributed by atoms with Crippen LogP contribution in [0.2, 0.25) is 0 Å². The Morgan fingerprint density at radius 3 is 1.76 bits per heavy atom. The Balaban J connectivity index is 2.60. The molecule has 11 heteroatoms. The molecule has 0 aromatic carbocycles. The molecule has 1 fully saturated rings. The molecule has 0 aliphatic carbocycles. The molecule has 0 spiro atoms. The van der Waals surface area contributed by atoms with Crippen LogP contribution in [0.1, 0.15) is 175 Å². The van der Waals surface area contributed by atoms with E-state index in [1.165, 1.54) is 102 Å². The van der Waals surface area contributed by atoms with E-state index in [4.69, 9.17) is 9.47 Å². The molecule has 1 amide bonds. The fourth-order valence-corrected chi connectivity index (χ4v) is 6.85. The lowest BCUT2D eigenvalue weighted by Gasteiger charge is -2.40. The van der Waals surface area contributed by atoms with Gasteiger partial charge in [-0.25, -0.2) is 0 Å². The number of rotatable bonds is 34. The first-order chi connectivity index (χ1) is 26.0. The third-order valence-electron chi connectivity index (χ3n) is 10.5. The van der Waals surface area contributed by atoms with Crippen molar-refractivity contribution in [2.45, 2.75) is 229 Å². The van der Waals surface area contributed by atoms with Gasteiger partial charge in [0.05, 0.1) is 31.0 Å². The zero-order valence-electron chi connectivity index (χ0n) is 34.2. The van der Waals surface area contributed by atoms with Gasteiger partial charge in [-0.15, -0.1) is 0 Å². The van der Waals surface area contributed by atoms with Crippen molar-refractivity contribution < 1.29 is 50.0 Å². The van der Waals surface area contributed by atoms with Gasteiger partial charge in [0.2, 0.25) is 5.91 Å². The predicted molar refractivity (Wildman–Crippen MR) is 215 cm³/mol. The molecule has 1 saturated heterocycles. The second-order valence-corrected chi connectivity index (χ2v) is 15.8. The lowest BCUT2D eigenvalue weighted by Crippen LogP contribution is -2.60. The SMILES string of the molecule is CCCCCCCCCCCCCCCC[C@@H](O)C(=O)N[C@@H](CO[C@@H]1O[C@H](CO)[C@@H](O)[C@H](O)[C@H]1O)[C@H](O)/C=C/C/C=C/C(C)(O)CCCCCCCCC. The molecule has 11 nitrogen and oxygen atoms in total. The van der Waals surface area contributed by atoms with Gasteiger partial charge < -0.3 is 50.5 Å². The fourth-order valence-electron chi connectivity index (χ4n) is 6.85. The molecule has 0 saturated carbocycles. The van der Waals surface area contributed by atoms with Crippen molar-refractivity contribution in [1.82, 2.24) is 5.32 Å². The summed E-state index contributed by atoms with van der Waals surface area (Å²) in [5, 5.41) is 75.2. The highest BCUT2D eigenvalue weighted by atomic mass is 16.7. The van der Waals surface area contributed by atoms with Crippen LogP contribution in [0, 0.1) is 0 Å². The maximum atomic E-state index is 13.0. The van der Waals surface area contributed by atoms with E-state index in [2.05, 4.69) is 19.2 Å². The summed E-state index contributed by atoms with van der Waals surface area (Å²) >= 11 is 0. The molecule has 0 aromatic rings. The molecule has 0 aromatic heterocycles. The first kappa shape index (κ1) is 50.6. The van der Waals surface area contributed by atoms with Crippen molar-refractivity contribution in [2.24, 2.45) is 0 Å². The maximum Gasteiger partial charge on any atom is 0.249 e. The summed E-state index contributed by atoms with van der Waals surface area (Å²) in [5.41, 5.74) is -0.936. The number of carbonyl (C=O) groups excluding carboxylic acids is 1. The van der Waals surface area contributed by atoms with E-state index >= 15 is 0 Å². The van der Waals surface area contributed by atoms with Gasteiger partial charge in [0.15, 0.2) is 6.29 Å². The third kappa shape index (κ3) is 23.6. The van der Waals surface area contributed by atoms with E-state index in [1.54, 1.807) is 19.1 Å². The zero-order valence-corrected chi connectivity index (χ0v) is 34.2. The number of unbranched alkanes of at least 4 members (excludes halogenated alkanes) is 19. The van der Waals surface area contributed by atoms with Gasteiger partial charge in [-0.05, 0) is 26.2 Å². The summed E-state index contributed by atoms with van der Waals surface area (Å²) < 4.78 is 11.1. The topological polar surface area (TPSA) is 189 Å². The molecular weight excluding hydrogens is 690 g/mol. The van der Waals surface area contributed by atoms with Gasteiger partial charge in [0.25, 0.3) is 0 Å². The minimum absolute atomic E-state index is 0.277.